The molecule has 0 aliphatic carbocycles. The van der Waals surface area contributed by atoms with Gasteiger partial charge in [-0.3, -0.25) is 4.79 Å². The number of nitrogens with one attached hydrogen (secondary N) is 2. The Bertz CT molecular complexity index is 739. The summed E-state index contributed by atoms with van der Waals surface area (Å²) in [6.45, 7) is 0.0147. The van der Waals surface area contributed by atoms with Gasteiger partial charge in [0.25, 0.3) is 0 Å². The van der Waals surface area contributed by atoms with Crippen LogP contribution in [0, 0.1) is 11.7 Å². The molecular formula is C17H17ClFN3O2. The first-order chi connectivity index (χ1) is 11.5. The molecule has 1 atom stereocenters. The second-order valence-electron chi connectivity index (χ2n) is 5.21. The van der Waals surface area contributed by atoms with Gasteiger partial charge in [-0.25, -0.2) is 9.18 Å². The van der Waals surface area contributed by atoms with E-state index in [-0.39, 0.29) is 12.2 Å². The summed E-state index contributed by atoms with van der Waals surface area (Å²) in [6, 6.07) is 12.3. The Hall–Kier alpha value is -2.60. The zero-order valence-electron chi connectivity index (χ0n) is 12.8. The summed E-state index contributed by atoms with van der Waals surface area (Å²) >= 11 is 6.07. The van der Waals surface area contributed by atoms with Crippen LogP contribution < -0.4 is 16.4 Å². The third kappa shape index (κ3) is 4.96. The summed E-state index contributed by atoms with van der Waals surface area (Å²) < 4.78 is 13.5. The van der Waals surface area contributed by atoms with E-state index in [1.54, 1.807) is 30.3 Å². The van der Waals surface area contributed by atoms with E-state index in [4.69, 9.17) is 17.3 Å². The first kappa shape index (κ1) is 17.7. The number of anilines is 1. The SMILES string of the molecule is NC(=O)C(CNC(=O)Nc1ccccc1F)Cc1ccccc1Cl. The number of hydrogen-bond acceptors (Lipinski definition) is 2. The second kappa shape index (κ2) is 8.31. The van der Waals surface area contributed by atoms with Gasteiger partial charge >= 0.3 is 6.03 Å². The predicted octanol–water partition coefficient (Wildman–Crippen LogP) is 2.94. The molecule has 0 aliphatic heterocycles. The highest BCUT2D eigenvalue weighted by molar-refractivity contribution is 6.31. The van der Waals surface area contributed by atoms with Crippen molar-refractivity contribution in [1.82, 2.24) is 5.32 Å². The monoisotopic (exact) mass is 349 g/mol. The highest BCUT2D eigenvalue weighted by Gasteiger charge is 2.18. The largest absolute Gasteiger partial charge is 0.369 e. The Balaban J connectivity index is 1.94. The Morgan fingerprint density at radius 2 is 1.79 bits per heavy atom. The summed E-state index contributed by atoms with van der Waals surface area (Å²) in [5.74, 6) is -1.73. The number of para-hydroxylation sites is 1. The van der Waals surface area contributed by atoms with Crippen LogP contribution in [0.25, 0.3) is 0 Å². The van der Waals surface area contributed by atoms with E-state index in [2.05, 4.69) is 10.6 Å². The molecule has 0 bridgehead atoms. The first-order valence-corrected chi connectivity index (χ1v) is 7.67. The highest BCUT2D eigenvalue weighted by Crippen LogP contribution is 2.18. The van der Waals surface area contributed by atoms with Crippen molar-refractivity contribution in [2.24, 2.45) is 11.7 Å². The molecule has 3 amide bonds. The van der Waals surface area contributed by atoms with Crippen LogP contribution in [0.1, 0.15) is 5.56 Å². The summed E-state index contributed by atoms with van der Waals surface area (Å²) in [5.41, 5.74) is 6.20. The van der Waals surface area contributed by atoms with Crippen LogP contribution in [0.2, 0.25) is 5.02 Å². The molecule has 126 valence electrons. The Morgan fingerprint density at radius 1 is 1.12 bits per heavy atom. The molecule has 2 aromatic carbocycles. The standard InChI is InChI=1S/C17H17ClFN3O2/c18-13-6-2-1-5-11(13)9-12(16(20)23)10-21-17(24)22-15-8-4-3-7-14(15)19/h1-8,12H,9-10H2,(H2,20,23)(H2,21,22,24). The van der Waals surface area contributed by atoms with Crippen molar-refractivity contribution in [3.05, 3.63) is 64.9 Å². The van der Waals surface area contributed by atoms with Gasteiger partial charge in [-0.1, -0.05) is 41.9 Å². The Morgan fingerprint density at radius 3 is 2.46 bits per heavy atom. The van der Waals surface area contributed by atoms with E-state index in [9.17, 15) is 14.0 Å². The molecule has 0 fully saturated rings. The van der Waals surface area contributed by atoms with Crippen LogP contribution in [0.15, 0.2) is 48.5 Å². The van der Waals surface area contributed by atoms with Crippen molar-refractivity contribution in [2.45, 2.75) is 6.42 Å². The van der Waals surface area contributed by atoms with Crippen molar-refractivity contribution >= 4 is 29.2 Å². The molecule has 0 saturated carbocycles. The Labute approximate surface area is 144 Å². The van der Waals surface area contributed by atoms with Gasteiger partial charge < -0.3 is 16.4 Å². The van der Waals surface area contributed by atoms with Crippen LogP contribution in [0.5, 0.6) is 0 Å². The Kier molecular flexibility index (Phi) is 6.14. The maximum atomic E-state index is 13.5. The van der Waals surface area contributed by atoms with Crippen LogP contribution >= 0.6 is 11.6 Å². The minimum absolute atomic E-state index is 0.0147. The lowest BCUT2D eigenvalue weighted by Crippen LogP contribution is -2.39. The fraction of sp³-hybridized carbons (Fsp3) is 0.176. The number of carbonyl (C=O) groups is 2. The van der Waals surface area contributed by atoms with Crippen molar-refractivity contribution in [3.8, 4) is 0 Å². The van der Waals surface area contributed by atoms with E-state index >= 15 is 0 Å². The van der Waals surface area contributed by atoms with Crippen LogP contribution in [-0.4, -0.2) is 18.5 Å². The average molecular weight is 350 g/mol. The lowest BCUT2D eigenvalue weighted by molar-refractivity contribution is -0.121. The van der Waals surface area contributed by atoms with Crippen molar-refractivity contribution in [1.29, 1.82) is 0 Å². The van der Waals surface area contributed by atoms with Gasteiger partial charge in [0.1, 0.15) is 5.82 Å². The van der Waals surface area contributed by atoms with Gasteiger partial charge in [-0.15, -0.1) is 0 Å². The van der Waals surface area contributed by atoms with E-state index in [0.29, 0.717) is 11.4 Å². The van der Waals surface area contributed by atoms with E-state index in [0.717, 1.165) is 5.56 Å². The van der Waals surface area contributed by atoms with Crippen molar-refractivity contribution < 1.29 is 14.0 Å². The molecule has 0 saturated heterocycles. The number of carbonyl (C=O) groups excluding carboxylic acids is 2. The maximum Gasteiger partial charge on any atom is 0.319 e. The molecule has 2 aromatic rings. The van der Waals surface area contributed by atoms with Crippen molar-refractivity contribution in [2.75, 3.05) is 11.9 Å². The number of primary amides is 1. The van der Waals surface area contributed by atoms with E-state index in [1.165, 1.54) is 18.2 Å². The van der Waals surface area contributed by atoms with Crippen molar-refractivity contribution in [3.63, 3.8) is 0 Å². The molecular weight excluding hydrogens is 333 g/mol. The molecule has 0 heterocycles. The van der Waals surface area contributed by atoms with Gasteiger partial charge in [-0.2, -0.15) is 0 Å². The van der Waals surface area contributed by atoms with E-state index in [1.807, 2.05) is 0 Å². The predicted molar refractivity (Wildman–Crippen MR) is 91.3 cm³/mol. The minimum Gasteiger partial charge on any atom is -0.369 e. The second-order valence-corrected chi connectivity index (χ2v) is 5.62. The molecule has 0 aromatic heterocycles. The molecule has 4 N–H and O–H groups in total. The average Bonchev–Trinajstić information content (AvgIpc) is 2.55. The van der Waals surface area contributed by atoms with Crippen LogP contribution in [0.3, 0.4) is 0 Å². The lowest BCUT2D eigenvalue weighted by Gasteiger charge is -2.16. The smallest absolute Gasteiger partial charge is 0.319 e. The quantitative estimate of drug-likeness (QED) is 0.749. The molecule has 0 aliphatic rings. The zero-order chi connectivity index (χ0) is 17.5. The fourth-order valence-corrected chi connectivity index (χ4v) is 2.36. The first-order valence-electron chi connectivity index (χ1n) is 7.29. The molecule has 1 unspecified atom stereocenters. The van der Waals surface area contributed by atoms with Crippen LogP contribution in [-0.2, 0) is 11.2 Å². The normalized spacial score (nSPS) is 11.6. The summed E-state index contributed by atoms with van der Waals surface area (Å²) in [7, 11) is 0. The fourth-order valence-electron chi connectivity index (χ4n) is 2.15. The summed E-state index contributed by atoms with van der Waals surface area (Å²) in [5, 5.41) is 5.42. The topological polar surface area (TPSA) is 84.2 Å². The number of halogens is 2. The molecule has 2 rings (SSSR count). The molecule has 7 heteroatoms. The maximum absolute atomic E-state index is 13.5. The molecule has 5 nitrogen and oxygen atoms in total. The van der Waals surface area contributed by atoms with Gasteiger partial charge in [0.05, 0.1) is 11.6 Å². The third-order valence-corrected chi connectivity index (χ3v) is 3.83. The number of benzene rings is 2. The number of nitrogens with two attached hydrogens (primary N) is 1. The molecule has 0 radical (unpaired) electrons. The minimum atomic E-state index is -0.628. The summed E-state index contributed by atoms with van der Waals surface area (Å²) in [6.07, 6.45) is 0.301. The number of urea groups is 1. The van der Waals surface area contributed by atoms with E-state index < -0.39 is 23.7 Å². The van der Waals surface area contributed by atoms with Gasteiger partial charge in [0.2, 0.25) is 5.91 Å². The molecule has 0 spiro atoms. The number of amides is 3. The molecule has 24 heavy (non-hydrogen) atoms. The van der Waals surface area contributed by atoms with Gasteiger partial charge in [0, 0.05) is 11.6 Å². The van der Waals surface area contributed by atoms with Gasteiger partial charge in [0.15, 0.2) is 0 Å². The summed E-state index contributed by atoms with van der Waals surface area (Å²) in [4.78, 5) is 23.4. The number of hydrogen-bond donors (Lipinski definition) is 3. The zero-order valence-corrected chi connectivity index (χ0v) is 13.5. The highest BCUT2D eigenvalue weighted by atomic mass is 35.5. The van der Waals surface area contributed by atoms with Crippen LogP contribution in [0.4, 0.5) is 14.9 Å². The number of rotatable bonds is 6. The third-order valence-electron chi connectivity index (χ3n) is 3.46. The van der Waals surface area contributed by atoms with Gasteiger partial charge in [-0.05, 0) is 30.2 Å². The lowest BCUT2D eigenvalue weighted by atomic mass is 9.98.